The number of hydrogen-bond donors (Lipinski definition) is 1. The van der Waals surface area contributed by atoms with E-state index in [9.17, 15) is 0 Å². The number of anilines is 1. The molecule has 0 spiro atoms. The average molecular weight is 235 g/mol. The van der Waals surface area contributed by atoms with Crippen LogP contribution in [0.15, 0.2) is 12.3 Å². The summed E-state index contributed by atoms with van der Waals surface area (Å²) in [6, 6.07) is 1.79. The first-order valence-corrected chi connectivity index (χ1v) is 6.25. The standard InChI is InChI=1S/C13H21N3O/c1-9(2)17-11-7-8-14-12(15-11)16-13(3,4)10-5-6-10/h7-10H,5-6H2,1-4H3,(H,14,15,16). The Labute approximate surface area is 103 Å². The first-order valence-electron chi connectivity index (χ1n) is 6.25. The first-order chi connectivity index (χ1) is 7.97. The van der Waals surface area contributed by atoms with Gasteiger partial charge in [0.1, 0.15) is 0 Å². The van der Waals surface area contributed by atoms with Crippen LogP contribution in [0.1, 0.15) is 40.5 Å². The number of ether oxygens (including phenoxy) is 1. The van der Waals surface area contributed by atoms with Crippen LogP contribution in [0.25, 0.3) is 0 Å². The molecule has 1 aliphatic carbocycles. The van der Waals surface area contributed by atoms with Gasteiger partial charge in [0.25, 0.3) is 0 Å². The minimum Gasteiger partial charge on any atom is -0.475 e. The van der Waals surface area contributed by atoms with Crippen LogP contribution in [-0.4, -0.2) is 21.6 Å². The number of aromatic nitrogens is 2. The Balaban J connectivity index is 2.05. The van der Waals surface area contributed by atoms with Crippen molar-refractivity contribution in [2.75, 3.05) is 5.32 Å². The van der Waals surface area contributed by atoms with Crippen LogP contribution in [-0.2, 0) is 0 Å². The van der Waals surface area contributed by atoms with Crippen LogP contribution >= 0.6 is 0 Å². The Morgan fingerprint density at radius 1 is 1.41 bits per heavy atom. The molecule has 1 aromatic rings. The van der Waals surface area contributed by atoms with Crippen LogP contribution in [0, 0.1) is 5.92 Å². The Morgan fingerprint density at radius 2 is 2.12 bits per heavy atom. The maximum Gasteiger partial charge on any atom is 0.226 e. The monoisotopic (exact) mass is 235 g/mol. The second kappa shape index (κ2) is 4.51. The van der Waals surface area contributed by atoms with E-state index in [0.717, 1.165) is 5.92 Å². The molecule has 0 unspecified atom stereocenters. The summed E-state index contributed by atoms with van der Waals surface area (Å²) < 4.78 is 5.55. The van der Waals surface area contributed by atoms with Gasteiger partial charge in [0.15, 0.2) is 0 Å². The third-order valence-corrected chi connectivity index (χ3v) is 3.02. The summed E-state index contributed by atoms with van der Waals surface area (Å²) in [7, 11) is 0. The minimum absolute atomic E-state index is 0.0659. The molecule has 94 valence electrons. The van der Waals surface area contributed by atoms with Crippen molar-refractivity contribution in [1.82, 2.24) is 9.97 Å². The smallest absolute Gasteiger partial charge is 0.226 e. The lowest BCUT2D eigenvalue weighted by Crippen LogP contribution is -2.34. The zero-order chi connectivity index (χ0) is 12.5. The van der Waals surface area contributed by atoms with E-state index >= 15 is 0 Å². The number of hydrogen-bond acceptors (Lipinski definition) is 4. The lowest BCUT2D eigenvalue weighted by molar-refractivity contribution is 0.232. The second-order valence-corrected chi connectivity index (χ2v) is 5.51. The van der Waals surface area contributed by atoms with Gasteiger partial charge in [-0.1, -0.05) is 0 Å². The minimum atomic E-state index is 0.0659. The number of nitrogens with one attached hydrogen (secondary N) is 1. The van der Waals surface area contributed by atoms with E-state index in [2.05, 4.69) is 29.1 Å². The number of rotatable bonds is 5. The highest BCUT2D eigenvalue weighted by Gasteiger charge is 2.38. The van der Waals surface area contributed by atoms with E-state index in [-0.39, 0.29) is 11.6 Å². The van der Waals surface area contributed by atoms with Gasteiger partial charge in [-0.15, -0.1) is 0 Å². The van der Waals surface area contributed by atoms with Gasteiger partial charge in [-0.2, -0.15) is 4.98 Å². The molecule has 1 heterocycles. The number of nitrogens with zero attached hydrogens (tertiary/aromatic N) is 2. The predicted molar refractivity (Wildman–Crippen MR) is 68.2 cm³/mol. The third kappa shape index (κ3) is 3.32. The molecule has 4 heteroatoms. The zero-order valence-electron chi connectivity index (χ0n) is 11.0. The molecule has 0 aromatic carbocycles. The molecule has 0 atom stereocenters. The van der Waals surface area contributed by atoms with Gasteiger partial charge in [0, 0.05) is 17.8 Å². The molecular weight excluding hydrogens is 214 g/mol. The highest BCUT2D eigenvalue weighted by atomic mass is 16.5. The third-order valence-electron chi connectivity index (χ3n) is 3.02. The van der Waals surface area contributed by atoms with Crippen molar-refractivity contribution < 1.29 is 4.74 Å². The molecule has 1 N–H and O–H groups in total. The highest BCUT2D eigenvalue weighted by Crippen LogP contribution is 2.40. The lowest BCUT2D eigenvalue weighted by Gasteiger charge is -2.26. The topological polar surface area (TPSA) is 47.0 Å². The molecule has 1 saturated carbocycles. The first kappa shape index (κ1) is 12.1. The summed E-state index contributed by atoms with van der Waals surface area (Å²) in [5.74, 6) is 2.02. The van der Waals surface area contributed by atoms with Gasteiger partial charge >= 0.3 is 0 Å². The Kier molecular flexibility index (Phi) is 3.22. The summed E-state index contributed by atoms with van der Waals surface area (Å²) in [4.78, 5) is 8.60. The van der Waals surface area contributed by atoms with Crippen LogP contribution in [0.2, 0.25) is 0 Å². The molecule has 0 amide bonds. The van der Waals surface area contributed by atoms with E-state index in [4.69, 9.17) is 4.74 Å². The van der Waals surface area contributed by atoms with E-state index in [1.165, 1.54) is 12.8 Å². The van der Waals surface area contributed by atoms with Gasteiger partial charge in [0.05, 0.1) is 6.10 Å². The van der Waals surface area contributed by atoms with E-state index < -0.39 is 0 Å². The van der Waals surface area contributed by atoms with E-state index in [1.54, 1.807) is 12.3 Å². The van der Waals surface area contributed by atoms with Crippen molar-refractivity contribution in [3.8, 4) is 5.88 Å². The fraction of sp³-hybridized carbons (Fsp3) is 0.692. The van der Waals surface area contributed by atoms with Crippen LogP contribution in [0.3, 0.4) is 0 Å². The molecule has 0 aliphatic heterocycles. The molecule has 4 nitrogen and oxygen atoms in total. The molecule has 0 saturated heterocycles. The maximum atomic E-state index is 5.55. The fourth-order valence-electron chi connectivity index (χ4n) is 1.90. The molecule has 1 fully saturated rings. The van der Waals surface area contributed by atoms with Crippen molar-refractivity contribution in [3.05, 3.63) is 12.3 Å². The molecule has 0 radical (unpaired) electrons. The SMILES string of the molecule is CC(C)Oc1ccnc(NC(C)(C)C2CC2)n1. The molecular formula is C13H21N3O. The Hall–Kier alpha value is -1.32. The average Bonchev–Trinajstić information content (AvgIpc) is 2.98. The van der Waals surface area contributed by atoms with Gasteiger partial charge < -0.3 is 10.1 Å². The fourth-order valence-corrected chi connectivity index (χ4v) is 1.90. The van der Waals surface area contributed by atoms with Gasteiger partial charge in [0.2, 0.25) is 11.8 Å². The van der Waals surface area contributed by atoms with Gasteiger partial charge in [-0.25, -0.2) is 4.98 Å². The summed E-state index contributed by atoms with van der Waals surface area (Å²) in [6.45, 7) is 8.38. The predicted octanol–water partition coefficient (Wildman–Crippen LogP) is 2.86. The maximum absolute atomic E-state index is 5.55. The van der Waals surface area contributed by atoms with Crippen LogP contribution in [0.4, 0.5) is 5.95 Å². The van der Waals surface area contributed by atoms with Gasteiger partial charge in [-0.05, 0) is 46.5 Å². The van der Waals surface area contributed by atoms with E-state index in [0.29, 0.717) is 11.8 Å². The summed E-state index contributed by atoms with van der Waals surface area (Å²) in [5.41, 5.74) is 0.0659. The van der Waals surface area contributed by atoms with Crippen molar-refractivity contribution in [2.45, 2.75) is 52.2 Å². The molecule has 17 heavy (non-hydrogen) atoms. The summed E-state index contributed by atoms with van der Waals surface area (Å²) in [6.07, 6.45) is 4.45. The summed E-state index contributed by atoms with van der Waals surface area (Å²) in [5, 5.41) is 3.39. The van der Waals surface area contributed by atoms with Crippen LogP contribution in [0.5, 0.6) is 5.88 Å². The lowest BCUT2D eigenvalue weighted by atomic mass is 9.99. The quantitative estimate of drug-likeness (QED) is 0.852. The van der Waals surface area contributed by atoms with E-state index in [1.807, 2.05) is 13.8 Å². The Bertz CT molecular complexity index is 386. The van der Waals surface area contributed by atoms with Crippen LogP contribution < -0.4 is 10.1 Å². The highest BCUT2D eigenvalue weighted by molar-refractivity contribution is 5.32. The molecule has 0 bridgehead atoms. The van der Waals surface area contributed by atoms with Crippen molar-refractivity contribution in [2.24, 2.45) is 5.92 Å². The second-order valence-electron chi connectivity index (χ2n) is 5.51. The van der Waals surface area contributed by atoms with Gasteiger partial charge in [-0.3, -0.25) is 0 Å². The molecule has 1 aliphatic rings. The zero-order valence-corrected chi connectivity index (χ0v) is 11.0. The van der Waals surface area contributed by atoms with Crippen molar-refractivity contribution in [3.63, 3.8) is 0 Å². The molecule has 2 rings (SSSR count). The summed E-state index contributed by atoms with van der Waals surface area (Å²) >= 11 is 0. The Morgan fingerprint density at radius 3 is 2.71 bits per heavy atom. The van der Waals surface area contributed by atoms with Crippen molar-refractivity contribution in [1.29, 1.82) is 0 Å². The normalized spacial score (nSPS) is 16.1. The molecule has 1 aromatic heterocycles. The largest absolute Gasteiger partial charge is 0.475 e. The van der Waals surface area contributed by atoms with Crippen molar-refractivity contribution >= 4 is 5.95 Å².